The van der Waals surface area contributed by atoms with Gasteiger partial charge < -0.3 is 14.6 Å². The van der Waals surface area contributed by atoms with Crippen LogP contribution in [0.15, 0.2) is 30.6 Å². The number of hydrogen-bond acceptors (Lipinski definition) is 3. The van der Waals surface area contributed by atoms with Crippen LogP contribution >= 0.6 is 0 Å². The predicted octanol–water partition coefficient (Wildman–Crippen LogP) is 3.26. The number of alkyl carbamates (subject to hydrolysis) is 1. The lowest BCUT2D eigenvalue weighted by atomic mass is 9.86. The third-order valence-corrected chi connectivity index (χ3v) is 3.70. The molecule has 2 aromatic rings. The maximum Gasteiger partial charge on any atom is 0.407 e. The summed E-state index contributed by atoms with van der Waals surface area (Å²) in [6, 6.07) is 6.67. The van der Waals surface area contributed by atoms with E-state index >= 15 is 0 Å². The average molecular weight is 287 g/mol. The summed E-state index contributed by atoms with van der Waals surface area (Å²) in [4.78, 5) is 16.1. The molecule has 1 aliphatic carbocycles. The minimum atomic E-state index is -0.451. The SMILES string of the molecule is CC(C)(C)OC(=O)NC1CC(n2ccc3cccnc32)C1. The second kappa shape index (κ2) is 5.06. The van der Waals surface area contributed by atoms with Crippen molar-refractivity contribution < 1.29 is 9.53 Å². The summed E-state index contributed by atoms with van der Waals surface area (Å²) in [5.74, 6) is 0. The summed E-state index contributed by atoms with van der Waals surface area (Å²) < 4.78 is 7.47. The maximum atomic E-state index is 11.7. The molecule has 112 valence electrons. The van der Waals surface area contributed by atoms with Crippen molar-refractivity contribution in [3.05, 3.63) is 30.6 Å². The first-order valence-corrected chi connectivity index (χ1v) is 7.33. The number of nitrogens with one attached hydrogen (secondary N) is 1. The number of carbonyl (C=O) groups excluding carboxylic acids is 1. The molecule has 1 fully saturated rings. The van der Waals surface area contributed by atoms with E-state index in [2.05, 4.69) is 33.2 Å². The van der Waals surface area contributed by atoms with Crippen molar-refractivity contribution in [1.29, 1.82) is 0 Å². The molecule has 5 nitrogen and oxygen atoms in total. The summed E-state index contributed by atoms with van der Waals surface area (Å²) >= 11 is 0. The van der Waals surface area contributed by atoms with Crippen molar-refractivity contribution in [2.75, 3.05) is 0 Å². The van der Waals surface area contributed by atoms with Crippen molar-refractivity contribution in [2.45, 2.75) is 51.3 Å². The smallest absolute Gasteiger partial charge is 0.407 e. The van der Waals surface area contributed by atoms with Crippen molar-refractivity contribution in [2.24, 2.45) is 0 Å². The van der Waals surface area contributed by atoms with Gasteiger partial charge in [0.25, 0.3) is 0 Å². The molecule has 0 saturated heterocycles. The molecule has 0 bridgehead atoms. The molecule has 0 aromatic carbocycles. The molecule has 2 heterocycles. The molecule has 1 N–H and O–H groups in total. The zero-order valence-electron chi connectivity index (χ0n) is 12.7. The fourth-order valence-electron chi connectivity index (χ4n) is 2.69. The molecule has 0 spiro atoms. The molecular formula is C16H21N3O2. The van der Waals surface area contributed by atoms with Gasteiger partial charge in [0.05, 0.1) is 0 Å². The summed E-state index contributed by atoms with van der Waals surface area (Å²) in [6.45, 7) is 5.61. The molecular weight excluding hydrogens is 266 g/mol. The molecule has 21 heavy (non-hydrogen) atoms. The van der Waals surface area contributed by atoms with Crippen LogP contribution < -0.4 is 5.32 Å². The predicted molar refractivity (Wildman–Crippen MR) is 81.2 cm³/mol. The van der Waals surface area contributed by atoms with Gasteiger partial charge in [0.1, 0.15) is 11.2 Å². The number of aromatic nitrogens is 2. The third kappa shape index (κ3) is 3.01. The fourth-order valence-corrected chi connectivity index (χ4v) is 2.69. The number of rotatable bonds is 2. The minimum Gasteiger partial charge on any atom is -0.444 e. The minimum absolute atomic E-state index is 0.186. The van der Waals surface area contributed by atoms with E-state index < -0.39 is 5.60 Å². The molecule has 3 rings (SSSR count). The number of pyridine rings is 1. The van der Waals surface area contributed by atoms with Crippen LogP contribution in [-0.4, -0.2) is 27.3 Å². The lowest BCUT2D eigenvalue weighted by Gasteiger charge is -2.37. The molecule has 5 heteroatoms. The second-order valence-electron chi connectivity index (χ2n) is 6.61. The fraction of sp³-hybridized carbons (Fsp3) is 0.500. The lowest BCUT2D eigenvalue weighted by Crippen LogP contribution is -2.46. The average Bonchev–Trinajstić information content (AvgIpc) is 2.74. The first-order chi connectivity index (χ1) is 9.92. The molecule has 0 atom stereocenters. The van der Waals surface area contributed by atoms with Crippen molar-refractivity contribution in [3.8, 4) is 0 Å². The van der Waals surface area contributed by atoms with E-state index in [0.29, 0.717) is 6.04 Å². The van der Waals surface area contributed by atoms with Crippen LogP contribution in [0.1, 0.15) is 39.7 Å². The highest BCUT2D eigenvalue weighted by Gasteiger charge is 2.33. The summed E-state index contributed by atoms with van der Waals surface area (Å²) in [5.41, 5.74) is 0.562. The Morgan fingerprint density at radius 1 is 1.38 bits per heavy atom. The lowest BCUT2D eigenvalue weighted by molar-refractivity contribution is 0.0457. The molecule has 1 amide bonds. The van der Waals surface area contributed by atoms with Gasteiger partial charge in [-0.3, -0.25) is 0 Å². The van der Waals surface area contributed by atoms with Crippen LogP contribution in [0.25, 0.3) is 11.0 Å². The number of carbonyl (C=O) groups is 1. The van der Waals surface area contributed by atoms with Crippen LogP contribution in [0.2, 0.25) is 0 Å². The van der Waals surface area contributed by atoms with Gasteiger partial charge in [-0.2, -0.15) is 0 Å². The first-order valence-electron chi connectivity index (χ1n) is 7.33. The van der Waals surface area contributed by atoms with Crippen LogP contribution in [0.3, 0.4) is 0 Å². The number of hydrogen-bond donors (Lipinski definition) is 1. The van der Waals surface area contributed by atoms with Gasteiger partial charge in [-0.05, 0) is 51.8 Å². The van der Waals surface area contributed by atoms with Crippen molar-refractivity contribution in [1.82, 2.24) is 14.9 Å². The Balaban J connectivity index is 1.57. The Morgan fingerprint density at radius 2 is 2.14 bits per heavy atom. The van der Waals surface area contributed by atoms with E-state index in [4.69, 9.17) is 4.74 Å². The largest absolute Gasteiger partial charge is 0.444 e. The Morgan fingerprint density at radius 3 is 2.86 bits per heavy atom. The summed E-state index contributed by atoms with van der Waals surface area (Å²) in [6.07, 6.45) is 5.39. The van der Waals surface area contributed by atoms with Gasteiger partial charge in [-0.25, -0.2) is 9.78 Å². The van der Waals surface area contributed by atoms with E-state index in [9.17, 15) is 4.79 Å². The Labute approximate surface area is 124 Å². The molecule has 0 radical (unpaired) electrons. The highest BCUT2D eigenvalue weighted by Crippen LogP contribution is 2.34. The highest BCUT2D eigenvalue weighted by atomic mass is 16.6. The Bertz CT molecular complexity index is 651. The van der Waals surface area contributed by atoms with E-state index in [1.807, 2.05) is 33.0 Å². The van der Waals surface area contributed by atoms with Gasteiger partial charge in [0, 0.05) is 29.9 Å². The number of amides is 1. The van der Waals surface area contributed by atoms with Gasteiger partial charge in [-0.15, -0.1) is 0 Å². The zero-order valence-corrected chi connectivity index (χ0v) is 12.7. The summed E-state index contributed by atoms with van der Waals surface area (Å²) in [7, 11) is 0. The number of fused-ring (bicyclic) bond motifs is 1. The normalized spacial score (nSPS) is 21.9. The molecule has 1 aliphatic rings. The van der Waals surface area contributed by atoms with Crippen LogP contribution in [-0.2, 0) is 4.74 Å². The first kappa shape index (κ1) is 13.9. The van der Waals surface area contributed by atoms with E-state index in [-0.39, 0.29) is 12.1 Å². The monoisotopic (exact) mass is 287 g/mol. The molecule has 0 aliphatic heterocycles. The number of nitrogens with zero attached hydrogens (tertiary/aromatic N) is 2. The Kier molecular flexibility index (Phi) is 3.35. The molecule has 2 aromatic heterocycles. The second-order valence-corrected chi connectivity index (χ2v) is 6.61. The van der Waals surface area contributed by atoms with Crippen LogP contribution in [0, 0.1) is 0 Å². The Hall–Kier alpha value is -2.04. The van der Waals surface area contributed by atoms with Crippen molar-refractivity contribution >= 4 is 17.1 Å². The van der Waals surface area contributed by atoms with Gasteiger partial charge in [-0.1, -0.05) is 0 Å². The van der Waals surface area contributed by atoms with Crippen LogP contribution in [0.4, 0.5) is 4.79 Å². The summed E-state index contributed by atoms with van der Waals surface area (Å²) in [5, 5.41) is 4.07. The van der Waals surface area contributed by atoms with E-state index in [0.717, 1.165) is 23.9 Å². The quantitative estimate of drug-likeness (QED) is 0.922. The standard InChI is InChI=1S/C16H21N3O2/c1-16(2,3)21-15(20)18-12-9-13(10-12)19-8-6-11-5-4-7-17-14(11)19/h4-8,12-13H,9-10H2,1-3H3,(H,18,20). The van der Waals surface area contributed by atoms with Crippen LogP contribution in [0.5, 0.6) is 0 Å². The number of ether oxygens (including phenoxy) is 1. The highest BCUT2D eigenvalue weighted by molar-refractivity contribution is 5.76. The third-order valence-electron chi connectivity index (χ3n) is 3.70. The maximum absolute atomic E-state index is 11.7. The van der Waals surface area contributed by atoms with Gasteiger partial charge in [0.2, 0.25) is 0 Å². The van der Waals surface area contributed by atoms with Gasteiger partial charge in [0.15, 0.2) is 0 Å². The molecule has 1 saturated carbocycles. The van der Waals surface area contributed by atoms with Gasteiger partial charge >= 0.3 is 6.09 Å². The zero-order chi connectivity index (χ0) is 15.0. The van der Waals surface area contributed by atoms with Crippen molar-refractivity contribution in [3.63, 3.8) is 0 Å². The topological polar surface area (TPSA) is 56.1 Å². The van der Waals surface area contributed by atoms with E-state index in [1.54, 1.807) is 0 Å². The molecule has 0 unspecified atom stereocenters. The van der Waals surface area contributed by atoms with E-state index in [1.165, 1.54) is 0 Å².